The SMILES string of the molecule is IC1=NC2C=CC=CC2=C1. The Labute approximate surface area is 73.4 Å². The summed E-state index contributed by atoms with van der Waals surface area (Å²) < 4.78 is 1.11. The number of aliphatic imine (C=N–C) groups is 1. The molecule has 0 aromatic heterocycles. The van der Waals surface area contributed by atoms with Crippen molar-refractivity contribution in [2.75, 3.05) is 0 Å². The van der Waals surface area contributed by atoms with E-state index >= 15 is 0 Å². The monoisotopic (exact) mass is 243 g/mol. The van der Waals surface area contributed by atoms with Crippen LogP contribution in [0, 0.1) is 0 Å². The summed E-state index contributed by atoms with van der Waals surface area (Å²) in [4.78, 5) is 4.38. The van der Waals surface area contributed by atoms with E-state index in [1.165, 1.54) is 5.57 Å². The summed E-state index contributed by atoms with van der Waals surface area (Å²) in [6, 6.07) is 0.317. The van der Waals surface area contributed by atoms with Gasteiger partial charge in [0.15, 0.2) is 0 Å². The van der Waals surface area contributed by atoms with Crippen molar-refractivity contribution in [3.8, 4) is 0 Å². The lowest BCUT2D eigenvalue weighted by molar-refractivity contribution is 1.00. The molecule has 0 saturated heterocycles. The third-order valence-electron chi connectivity index (χ3n) is 1.58. The van der Waals surface area contributed by atoms with Crippen LogP contribution in [0.1, 0.15) is 0 Å². The average molecular weight is 243 g/mol. The first-order valence-electron chi connectivity index (χ1n) is 3.16. The molecule has 1 heterocycles. The van der Waals surface area contributed by atoms with Crippen molar-refractivity contribution in [2.45, 2.75) is 6.04 Å². The van der Waals surface area contributed by atoms with Crippen molar-refractivity contribution in [1.82, 2.24) is 0 Å². The van der Waals surface area contributed by atoms with Crippen LogP contribution in [0.25, 0.3) is 0 Å². The van der Waals surface area contributed by atoms with Gasteiger partial charge in [-0.05, 0) is 34.2 Å². The van der Waals surface area contributed by atoms with Gasteiger partial charge in [0.05, 0.1) is 9.76 Å². The lowest BCUT2D eigenvalue weighted by Crippen LogP contribution is -2.00. The third kappa shape index (κ3) is 0.963. The number of nitrogens with zero attached hydrogens (tertiary/aromatic N) is 1. The zero-order chi connectivity index (χ0) is 6.97. The molecule has 2 rings (SSSR count). The summed E-state index contributed by atoms with van der Waals surface area (Å²) in [5.74, 6) is 0. The van der Waals surface area contributed by atoms with E-state index in [9.17, 15) is 0 Å². The highest BCUT2D eigenvalue weighted by atomic mass is 127. The number of fused-ring (bicyclic) bond motifs is 1. The lowest BCUT2D eigenvalue weighted by Gasteiger charge is -2.05. The Balaban J connectivity index is 2.40. The Kier molecular flexibility index (Phi) is 1.48. The molecule has 0 fully saturated rings. The van der Waals surface area contributed by atoms with Gasteiger partial charge in [-0.1, -0.05) is 24.3 Å². The topological polar surface area (TPSA) is 12.4 Å². The van der Waals surface area contributed by atoms with E-state index in [-0.39, 0.29) is 0 Å². The standard InChI is InChI=1S/C8H6IN/c9-8-5-6-3-1-2-4-7(6)10-8/h1-5,7H. The minimum Gasteiger partial charge on any atom is -0.267 e. The van der Waals surface area contributed by atoms with Crippen LogP contribution in [-0.4, -0.2) is 9.76 Å². The molecule has 0 bridgehead atoms. The van der Waals surface area contributed by atoms with Crippen LogP contribution in [-0.2, 0) is 0 Å². The molecular formula is C8H6IN. The van der Waals surface area contributed by atoms with Crippen molar-refractivity contribution in [3.05, 3.63) is 36.0 Å². The second kappa shape index (κ2) is 2.34. The predicted octanol–water partition coefficient (Wildman–Crippen LogP) is 2.25. The Bertz CT molecular complexity index is 271. The molecule has 1 nitrogen and oxygen atoms in total. The van der Waals surface area contributed by atoms with Crippen LogP contribution in [0.2, 0.25) is 0 Å². The Morgan fingerprint density at radius 1 is 1.40 bits per heavy atom. The first-order chi connectivity index (χ1) is 4.86. The molecule has 10 heavy (non-hydrogen) atoms. The molecule has 1 unspecified atom stereocenters. The quantitative estimate of drug-likeness (QED) is 0.578. The van der Waals surface area contributed by atoms with Gasteiger partial charge in [-0.3, -0.25) is 4.99 Å². The second-order valence-corrected chi connectivity index (χ2v) is 3.39. The van der Waals surface area contributed by atoms with E-state index in [4.69, 9.17) is 0 Å². The highest BCUT2D eigenvalue weighted by Crippen LogP contribution is 2.22. The molecule has 0 saturated carbocycles. The van der Waals surface area contributed by atoms with E-state index in [1.54, 1.807) is 0 Å². The fourth-order valence-corrected chi connectivity index (χ4v) is 1.76. The maximum atomic E-state index is 4.38. The van der Waals surface area contributed by atoms with Gasteiger partial charge in [0.25, 0.3) is 0 Å². The average Bonchev–Trinajstić information content (AvgIpc) is 2.27. The van der Waals surface area contributed by atoms with Crippen LogP contribution in [0.15, 0.2) is 40.9 Å². The highest BCUT2D eigenvalue weighted by Gasteiger charge is 2.15. The van der Waals surface area contributed by atoms with Crippen LogP contribution in [0.4, 0.5) is 0 Å². The zero-order valence-corrected chi connectivity index (χ0v) is 7.45. The molecule has 1 aliphatic heterocycles. The summed E-state index contributed by atoms with van der Waals surface area (Å²) in [7, 11) is 0. The fraction of sp³-hybridized carbons (Fsp3) is 0.125. The van der Waals surface area contributed by atoms with Crippen LogP contribution < -0.4 is 0 Å². The molecule has 1 atom stereocenters. The number of hydrogen-bond donors (Lipinski definition) is 0. The van der Waals surface area contributed by atoms with Crippen molar-refractivity contribution in [3.63, 3.8) is 0 Å². The van der Waals surface area contributed by atoms with Gasteiger partial charge < -0.3 is 0 Å². The molecule has 50 valence electrons. The van der Waals surface area contributed by atoms with Crippen molar-refractivity contribution < 1.29 is 0 Å². The van der Waals surface area contributed by atoms with Crippen LogP contribution in [0.5, 0.6) is 0 Å². The van der Waals surface area contributed by atoms with Gasteiger partial charge in [0.2, 0.25) is 0 Å². The summed E-state index contributed by atoms with van der Waals surface area (Å²) in [6.45, 7) is 0. The Morgan fingerprint density at radius 2 is 2.30 bits per heavy atom. The molecular weight excluding hydrogens is 237 g/mol. The van der Waals surface area contributed by atoms with Gasteiger partial charge in [-0.2, -0.15) is 0 Å². The number of hydrogen-bond acceptors (Lipinski definition) is 1. The summed E-state index contributed by atoms with van der Waals surface area (Å²) in [5.41, 5.74) is 1.31. The zero-order valence-electron chi connectivity index (χ0n) is 5.29. The molecule has 0 N–H and O–H groups in total. The van der Waals surface area contributed by atoms with Crippen molar-refractivity contribution >= 4 is 26.3 Å². The molecule has 1 aliphatic carbocycles. The van der Waals surface area contributed by atoms with E-state index in [0.29, 0.717) is 6.04 Å². The highest BCUT2D eigenvalue weighted by molar-refractivity contribution is 14.1. The van der Waals surface area contributed by atoms with Gasteiger partial charge in [-0.15, -0.1) is 0 Å². The predicted molar refractivity (Wildman–Crippen MR) is 51.6 cm³/mol. The van der Waals surface area contributed by atoms with Crippen LogP contribution in [0.3, 0.4) is 0 Å². The van der Waals surface area contributed by atoms with Gasteiger partial charge >= 0.3 is 0 Å². The van der Waals surface area contributed by atoms with E-state index < -0.39 is 0 Å². The molecule has 0 spiro atoms. The van der Waals surface area contributed by atoms with E-state index in [0.717, 1.165) is 3.72 Å². The van der Waals surface area contributed by atoms with Gasteiger partial charge in [-0.25, -0.2) is 0 Å². The summed E-state index contributed by atoms with van der Waals surface area (Å²) in [5, 5.41) is 0. The molecule has 0 aromatic carbocycles. The second-order valence-electron chi connectivity index (χ2n) is 2.29. The first kappa shape index (κ1) is 6.34. The minimum absolute atomic E-state index is 0.317. The minimum atomic E-state index is 0.317. The Morgan fingerprint density at radius 3 is 3.10 bits per heavy atom. The number of halogens is 1. The maximum absolute atomic E-state index is 4.38. The Hall–Kier alpha value is -0.380. The maximum Gasteiger partial charge on any atom is 0.0969 e. The molecule has 2 aliphatic rings. The first-order valence-corrected chi connectivity index (χ1v) is 4.24. The molecule has 2 heteroatoms. The summed E-state index contributed by atoms with van der Waals surface area (Å²) in [6.07, 6.45) is 10.4. The van der Waals surface area contributed by atoms with Crippen molar-refractivity contribution in [1.29, 1.82) is 0 Å². The van der Waals surface area contributed by atoms with Crippen LogP contribution >= 0.6 is 22.6 Å². The fourth-order valence-electron chi connectivity index (χ4n) is 1.10. The van der Waals surface area contributed by atoms with Gasteiger partial charge in [0, 0.05) is 0 Å². The normalized spacial score (nSPS) is 27.9. The summed E-state index contributed by atoms with van der Waals surface area (Å²) >= 11 is 2.24. The van der Waals surface area contributed by atoms with E-state index in [2.05, 4.69) is 45.8 Å². The van der Waals surface area contributed by atoms with Crippen molar-refractivity contribution in [2.24, 2.45) is 4.99 Å². The molecule has 0 radical (unpaired) electrons. The molecule has 0 aromatic rings. The largest absolute Gasteiger partial charge is 0.267 e. The third-order valence-corrected chi connectivity index (χ3v) is 2.17. The smallest absolute Gasteiger partial charge is 0.0969 e. The number of allylic oxidation sites excluding steroid dienone is 3. The lowest BCUT2D eigenvalue weighted by atomic mass is 10.1. The number of rotatable bonds is 0. The van der Waals surface area contributed by atoms with E-state index in [1.807, 2.05) is 12.2 Å². The molecule has 0 amide bonds. The van der Waals surface area contributed by atoms with Gasteiger partial charge in [0.1, 0.15) is 0 Å².